The van der Waals surface area contributed by atoms with E-state index in [1.165, 1.54) is 0 Å². The fourth-order valence-electron chi connectivity index (χ4n) is 5.85. The second-order valence-corrected chi connectivity index (χ2v) is 11.5. The number of amides is 2. The number of rotatable bonds is 11. The van der Waals surface area contributed by atoms with Crippen LogP contribution < -0.4 is 21.1 Å². The maximum absolute atomic E-state index is 13.6. The molecule has 4 N–H and O–H groups in total. The summed E-state index contributed by atoms with van der Waals surface area (Å²) in [4.78, 5) is 56.6. The SMILES string of the molecule is CC[C@@]1(O)C(=O)OCc2c1cc1n(c2=O)Cc2c-1nc1ccc(OC(=O)NCCCCCCC(=O)NO)cc1c2CN(C)C. The van der Waals surface area contributed by atoms with Gasteiger partial charge in [0.05, 0.1) is 29.0 Å². The summed E-state index contributed by atoms with van der Waals surface area (Å²) >= 11 is 0. The number of aliphatic hydroxyl groups is 1. The van der Waals surface area contributed by atoms with Crippen molar-refractivity contribution >= 4 is 28.9 Å². The van der Waals surface area contributed by atoms with Crippen molar-refractivity contribution in [1.29, 1.82) is 0 Å². The number of hydrogen-bond donors (Lipinski definition) is 4. The highest BCUT2D eigenvalue weighted by Gasteiger charge is 2.45. The summed E-state index contributed by atoms with van der Waals surface area (Å²) in [6.07, 6.45) is 2.71. The Kier molecular flexibility index (Phi) is 9.00. The molecule has 0 saturated heterocycles. The van der Waals surface area contributed by atoms with Gasteiger partial charge in [-0.15, -0.1) is 0 Å². The number of carbonyl (C=O) groups excluding carboxylic acids is 3. The van der Waals surface area contributed by atoms with Crippen LogP contribution in [0.25, 0.3) is 22.3 Å². The monoisotopic (exact) mass is 607 g/mol. The molecule has 2 aliphatic rings. The highest BCUT2D eigenvalue weighted by Crippen LogP contribution is 2.40. The Labute approximate surface area is 253 Å². The zero-order valence-electron chi connectivity index (χ0n) is 25.1. The van der Waals surface area contributed by atoms with Gasteiger partial charge in [0.1, 0.15) is 12.4 Å². The van der Waals surface area contributed by atoms with Gasteiger partial charge in [0.15, 0.2) is 5.60 Å². The number of unbranched alkanes of at least 4 members (excludes halogenated alkanes) is 3. The molecule has 0 radical (unpaired) electrons. The van der Waals surface area contributed by atoms with E-state index in [9.17, 15) is 24.3 Å². The highest BCUT2D eigenvalue weighted by atomic mass is 16.6. The summed E-state index contributed by atoms with van der Waals surface area (Å²) in [5, 5.41) is 23.2. The first-order valence-corrected chi connectivity index (χ1v) is 14.7. The van der Waals surface area contributed by atoms with E-state index in [2.05, 4.69) is 5.32 Å². The van der Waals surface area contributed by atoms with Crippen LogP contribution in [-0.2, 0) is 39.6 Å². The molecule has 5 rings (SSSR count). The van der Waals surface area contributed by atoms with Crippen LogP contribution in [0.2, 0.25) is 0 Å². The van der Waals surface area contributed by atoms with E-state index < -0.39 is 23.6 Å². The van der Waals surface area contributed by atoms with E-state index in [-0.39, 0.29) is 42.7 Å². The Morgan fingerprint density at radius 2 is 1.91 bits per heavy atom. The lowest BCUT2D eigenvalue weighted by Gasteiger charge is -2.31. The van der Waals surface area contributed by atoms with Crippen molar-refractivity contribution in [2.45, 2.75) is 70.7 Å². The predicted octanol–water partition coefficient (Wildman–Crippen LogP) is 2.69. The molecule has 1 atom stereocenters. The highest BCUT2D eigenvalue weighted by molar-refractivity contribution is 5.90. The average molecular weight is 608 g/mol. The number of pyridine rings is 2. The minimum absolute atomic E-state index is 0.0630. The topological polar surface area (TPSA) is 172 Å². The van der Waals surface area contributed by atoms with Crippen molar-refractivity contribution in [1.82, 2.24) is 25.2 Å². The number of benzene rings is 1. The molecule has 0 saturated carbocycles. The zero-order valence-corrected chi connectivity index (χ0v) is 25.1. The van der Waals surface area contributed by atoms with Gasteiger partial charge in [0.25, 0.3) is 5.56 Å². The van der Waals surface area contributed by atoms with Crippen molar-refractivity contribution in [2.75, 3.05) is 20.6 Å². The lowest BCUT2D eigenvalue weighted by Crippen LogP contribution is -2.44. The molecule has 0 unspecified atom stereocenters. The lowest BCUT2D eigenvalue weighted by atomic mass is 9.86. The van der Waals surface area contributed by atoms with Crippen molar-refractivity contribution < 1.29 is 34.2 Å². The Hall–Kier alpha value is -4.33. The number of ether oxygens (including phenoxy) is 2. The number of carbonyl (C=O) groups is 3. The standard InChI is InChI=1S/C31H37N5O8/c1-4-31(41)23-14-25-27-21(16-36(25)28(38)22(23)17-43-29(31)39)20(15-35(2)3)19-13-18(10-11-24(19)33-27)44-30(40)32-12-8-6-5-7-9-26(37)34-42/h10-11,13-14,41-42H,4-9,12,15-17H2,1-3H3,(H,32,40)(H,34,37)/t31-/m0/s1. The van der Waals surface area contributed by atoms with Crippen molar-refractivity contribution in [2.24, 2.45) is 0 Å². The van der Waals surface area contributed by atoms with Crippen molar-refractivity contribution in [3.8, 4) is 17.1 Å². The minimum atomic E-state index is -1.90. The van der Waals surface area contributed by atoms with Gasteiger partial charge >= 0.3 is 12.1 Å². The van der Waals surface area contributed by atoms with Crippen molar-refractivity contribution in [3.05, 3.63) is 56.9 Å². The summed E-state index contributed by atoms with van der Waals surface area (Å²) in [6, 6.07) is 6.89. The van der Waals surface area contributed by atoms with Gasteiger partial charge in [-0.1, -0.05) is 19.8 Å². The molecule has 13 heteroatoms. The molecule has 3 aromatic rings. The van der Waals surface area contributed by atoms with E-state index in [1.54, 1.807) is 41.2 Å². The Morgan fingerprint density at radius 3 is 2.64 bits per heavy atom. The molecule has 2 aromatic heterocycles. The van der Waals surface area contributed by atoms with E-state index in [0.717, 1.165) is 35.8 Å². The minimum Gasteiger partial charge on any atom is -0.458 e. The van der Waals surface area contributed by atoms with E-state index >= 15 is 0 Å². The van der Waals surface area contributed by atoms with Crippen LogP contribution in [0.4, 0.5) is 4.79 Å². The fourth-order valence-corrected chi connectivity index (χ4v) is 5.85. The molecule has 44 heavy (non-hydrogen) atoms. The second-order valence-electron chi connectivity index (χ2n) is 11.5. The van der Waals surface area contributed by atoms with Crippen LogP contribution in [-0.4, -0.2) is 63.4 Å². The molecule has 0 bridgehead atoms. The third-order valence-electron chi connectivity index (χ3n) is 8.19. The van der Waals surface area contributed by atoms with Gasteiger partial charge in [0.2, 0.25) is 5.91 Å². The number of esters is 1. The molecule has 4 heterocycles. The molecule has 1 aromatic carbocycles. The third-order valence-corrected chi connectivity index (χ3v) is 8.19. The van der Waals surface area contributed by atoms with E-state index in [1.807, 2.05) is 19.0 Å². The second kappa shape index (κ2) is 12.7. The third kappa shape index (κ3) is 5.90. The number of nitrogens with one attached hydrogen (secondary N) is 2. The van der Waals surface area contributed by atoms with Gasteiger partial charge in [-0.3, -0.25) is 14.8 Å². The van der Waals surface area contributed by atoms with Gasteiger partial charge in [0, 0.05) is 36.0 Å². The van der Waals surface area contributed by atoms with E-state index in [0.29, 0.717) is 42.2 Å². The molecule has 2 amide bonds. The van der Waals surface area contributed by atoms with E-state index in [4.69, 9.17) is 19.7 Å². The van der Waals surface area contributed by atoms with Gasteiger partial charge in [-0.05, 0) is 63.2 Å². The number of hydrogen-bond acceptors (Lipinski definition) is 10. The van der Waals surface area contributed by atoms with Crippen LogP contribution in [0, 0.1) is 0 Å². The first kappa shape index (κ1) is 31.1. The summed E-state index contributed by atoms with van der Waals surface area (Å²) in [7, 11) is 3.87. The summed E-state index contributed by atoms with van der Waals surface area (Å²) in [5.41, 5.74) is 3.46. The number of hydroxylamine groups is 1. The Balaban J connectivity index is 1.39. The summed E-state index contributed by atoms with van der Waals surface area (Å²) in [5.74, 6) is -0.833. The van der Waals surface area contributed by atoms with Gasteiger partial charge < -0.3 is 29.4 Å². The van der Waals surface area contributed by atoms with Crippen LogP contribution in [0.5, 0.6) is 5.75 Å². The molecule has 0 spiro atoms. The normalized spacial score (nSPS) is 16.7. The van der Waals surface area contributed by atoms with Crippen molar-refractivity contribution in [3.63, 3.8) is 0 Å². The number of nitrogens with zero attached hydrogens (tertiary/aromatic N) is 3. The maximum Gasteiger partial charge on any atom is 0.412 e. The maximum atomic E-state index is 13.6. The fraction of sp³-hybridized carbons (Fsp3) is 0.452. The van der Waals surface area contributed by atoms with Crippen LogP contribution in [0.15, 0.2) is 29.1 Å². The van der Waals surface area contributed by atoms with Gasteiger partial charge in [-0.2, -0.15) is 0 Å². The molecule has 2 aliphatic heterocycles. The Bertz CT molecular complexity index is 1680. The molecule has 0 aliphatic carbocycles. The average Bonchev–Trinajstić information content (AvgIpc) is 3.37. The summed E-state index contributed by atoms with van der Waals surface area (Å²) < 4.78 is 12.4. The number of fused-ring (bicyclic) bond motifs is 5. The first-order chi connectivity index (χ1) is 21.1. The Morgan fingerprint density at radius 1 is 1.14 bits per heavy atom. The largest absolute Gasteiger partial charge is 0.458 e. The smallest absolute Gasteiger partial charge is 0.412 e. The lowest BCUT2D eigenvalue weighted by molar-refractivity contribution is -0.172. The van der Waals surface area contributed by atoms with Gasteiger partial charge in [-0.25, -0.2) is 20.1 Å². The number of cyclic esters (lactones) is 1. The first-order valence-electron chi connectivity index (χ1n) is 14.7. The molecule has 13 nitrogen and oxygen atoms in total. The quantitative estimate of drug-likeness (QED) is 0.0860. The molecular weight excluding hydrogens is 570 g/mol. The molecule has 0 fully saturated rings. The van der Waals surface area contributed by atoms with Crippen LogP contribution in [0.3, 0.4) is 0 Å². The number of aromatic nitrogens is 2. The molecular formula is C31H37N5O8. The van der Waals surface area contributed by atoms with Crippen LogP contribution >= 0.6 is 0 Å². The summed E-state index contributed by atoms with van der Waals surface area (Å²) in [6.45, 7) is 2.68. The zero-order chi connectivity index (χ0) is 31.6. The predicted molar refractivity (Wildman–Crippen MR) is 159 cm³/mol. The van der Waals surface area contributed by atoms with Crippen LogP contribution in [0.1, 0.15) is 67.7 Å². The molecule has 234 valence electrons.